The first-order valence-corrected chi connectivity index (χ1v) is 6.98. The molecule has 22 heavy (non-hydrogen) atoms. The van der Waals surface area contributed by atoms with Crippen LogP contribution in [0.2, 0.25) is 0 Å². The molecule has 2 N–H and O–H groups in total. The zero-order valence-electron chi connectivity index (χ0n) is 11.0. The number of halogens is 3. The van der Waals surface area contributed by atoms with Crippen molar-refractivity contribution in [3.63, 3.8) is 0 Å². The van der Waals surface area contributed by atoms with Gasteiger partial charge in [-0.25, -0.2) is 0 Å². The molecule has 2 rings (SSSR count). The minimum Gasteiger partial charge on any atom is -0.481 e. The van der Waals surface area contributed by atoms with Gasteiger partial charge in [-0.3, -0.25) is 4.79 Å². The van der Waals surface area contributed by atoms with Crippen LogP contribution in [0.25, 0.3) is 0 Å². The van der Waals surface area contributed by atoms with Crippen molar-refractivity contribution in [3.05, 3.63) is 23.8 Å². The average molecular weight is 337 g/mol. The quantitative estimate of drug-likeness (QED) is 0.787. The Labute approximate surface area is 124 Å². The number of carbonyl (C=O) groups is 1. The first kappa shape index (κ1) is 16.1. The van der Waals surface area contributed by atoms with Crippen LogP contribution in [0.3, 0.4) is 0 Å². The standard InChI is InChI=1S/C12H10F3NO5S/c1-16-5-2-3-7-6(4-5)9(22(19)20)8(11(17)18)10(21-7)12(13,14)15/h2-4,8,10,16H,1H3,(H,17,18). The lowest BCUT2D eigenvalue weighted by Crippen LogP contribution is -2.51. The summed E-state index contributed by atoms with van der Waals surface area (Å²) in [6.07, 6.45) is -7.81. The van der Waals surface area contributed by atoms with Crippen LogP contribution in [0.1, 0.15) is 5.56 Å². The fourth-order valence-corrected chi connectivity index (χ4v) is 2.95. The molecule has 1 heterocycles. The maximum Gasteiger partial charge on any atom is 0.426 e. The topological polar surface area (TPSA) is 92.7 Å². The summed E-state index contributed by atoms with van der Waals surface area (Å²) in [5, 5.41) is 11.7. The van der Waals surface area contributed by atoms with Crippen molar-refractivity contribution in [2.24, 2.45) is 5.92 Å². The third-order valence-electron chi connectivity index (χ3n) is 3.14. The number of hydrogen-bond donors (Lipinski definition) is 2. The lowest BCUT2D eigenvalue weighted by atomic mass is 9.89. The number of nitrogens with one attached hydrogen (secondary N) is 1. The predicted molar refractivity (Wildman–Crippen MR) is 70.6 cm³/mol. The van der Waals surface area contributed by atoms with Crippen molar-refractivity contribution < 1.29 is 36.2 Å². The molecule has 1 aliphatic rings. The first-order chi connectivity index (χ1) is 10.2. The molecule has 0 fully saturated rings. The van der Waals surface area contributed by atoms with E-state index in [1.165, 1.54) is 19.2 Å². The Morgan fingerprint density at radius 2 is 2.00 bits per heavy atom. The van der Waals surface area contributed by atoms with Crippen molar-refractivity contribution in [1.29, 1.82) is 0 Å². The summed E-state index contributed by atoms with van der Waals surface area (Å²) < 4.78 is 66.5. The maximum atomic E-state index is 13.0. The number of alkyl halides is 3. The van der Waals surface area contributed by atoms with Gasteiger partial charge in [-0.1, -0.05) is 0 Å². The molecule has 0 bridgehead atoms. The van der Waals surface area contributed by atoms with Crippen molar-refractivity contribution in [2.45, 2.75) is 12.3 Å². The first-order valence-electron chi connectivity index (χ1n) is 5.91. The fraction of sp³-hybridized carbons (Fsp3) is 0.333. The van der Waals surface area contributed by atoms with E-state index in [2.05, 4.69) is 5.32 Å². The molecular formula is C12H10F3NO5S. The number of hydrogen-bond acceptors (Lipinski definition) is 5. The van der Waals surface area contributed by atoms with Crippen molar-refractivity contribution in [2.75, 3.05) is 12.4 Å². The van der Waals surface area contributed by atoms with E-state index in [0.29, 0.717) is 5.69 Å². The summed E-state index contributed by atoms with van der Waals surface area (Å²) >= 11 is 0. The van der Waals surface area contributed by atoms with Gasteiger partial charge in [-0.15, -0.1) is 0 Å². The summed E-state index contributed by atoms with van der Waals surface area (Å²) in [5.74, 6) is -4.63. The van der Waals surface area contributed by atoms with E-state index in [1.54, 1.807) is 0 Å². The van der Waals surface area contributed by atoms with Gasteiger partial charge >= 0.3 is 12.1 Å². The Kier molecular flexibility index (Phi) is 4.05. The molecule has 1 aliphatic heterocycles. The van der Waals surface area contributed by atoms with Gasteiger partial charge in [0.2, 0.25) is 16.4 Å². The van der Waals surface area contributed by atoms with Gasteiger partial charge < -0.3 is 15.2 Å². The van der Waals surface area contributed by atoms with Gasteiger partial charge in [0.15, 0.2) is 0 Å². The largest absolute Gasteiger partial charge is 0.481 e. The molecule has 2 unspecified atom stereocenters. The minimum absolute atomic E-state index is 0.201. The molecule has 0 amide bonds. The summed E-state index contributed by atoms with van der Waals surface area (Å²) in [6, 6.07) is 3.77. The smallest absolute Gasteiger partial charge is 0.426 e. The number of carboxylic acid groups (broad SMARTS) is 1. The zero-order chi connectivity index (χ0) is 16.7. The molecule has 120 valence electrons. The van der Waals surface area contributed by atoms with Crippen molar-refractivity contribution >= 4 is 26.8 Å². The van der Waals surface area contributed by atoms with E-state index in [9.17, 15) is 26.4 Å². The molecular weight excluding hydrogens is 327 g/mol. The minimum atomic E-state index is -5.03. The Morgan fingerprint density at radius 3 is 2.45 bits per heavy atom. The monoisotopic (exact) mass is 337 g/mol. The van der Waals surface area contributed by atoms with Gasteiger partial charge in [0.05, 0.1) is 0 Å². The lowest BCUT2D eigenvalue weighted by Gasteiger charge is -2.32. The fourth-order valence-electron chi connectivity index (χ4n) is 2.18. The SMILES string of the molecule is CNc1ccc2c(c1)C(=S(=O)=O)C(C(=O)O)C(C(F)(F)F)O2. The predicted octanol–water partition coefficient (Wildman–Crippen LogP) is 1.15. The number of anilines is 1. The van der Waals surface area contributed by atoms with Gasteiger partial charge in [0, 0.05) is 18.3 Å². The number of ether oxygens (including phenoxy) is 1. The molecule has 10 heteroatoms. The van der Waals surface area contributed by atoms with Crippen LogP contribution in [0.4, 0.5) is 18.9 Å². The molecule has 2 atom stereocenters. The second-order valence-electron chi connectivity index (χ2n) is 4.46. The lowest BCUT2D eigenvalue weighted by molar-refractivity contribution is -0.209. The third-order valence-corrected chi connectivity index (χ3v) is 3.97. The zero-order valence-corrected chi connectivity index (χ0v) is 11.8. The van der Waals surface area contributed by atoms with Gasteiger partial charge in [0.25, 0.3) is 0 Å². The number of rotatable bonds is 2. The summed E-state index contributed by atoms with van der Waals surface area (Å²) in [4.78, 5) is 10.3. The van der Waals surface area contributed by atoms with E-state index in [0.717, 1.165) is 6.07 Å². The second-order valence-corrected chi connectivity index (χ2v) is 5.37. The van der Waals surface area contributed by atoms with E-state index < -0.39 is 39.3 Å². The van der Waals surface area contributed by atoms with Crippen LogP contribution < -0.4 is 10.1 Å². The Morgan fingerprint density at radius 1 is 1.36 bits per heavy atom. The highest BCUT2D eigenvalue weighted by Crippen LogP contribution is 2.39. The highest BCUT2D eigenvalue weighted by molar-refractivity contribution is 7.73. The van der Waals surface area contributed by atoms with Crippen LogP contribution in [-0.2, 0) is 15.1 Å². The van der Waals surface area contributed by atoms with Gasteiger partial charge in [-0.05, 0) is 18.2 Å². The number of fused-ring (bicyclic) bond motifs is 1. The van der Waals surface area contributed by atoms with E-state index >= 15 is 0 Å². The maximum absolute atomic E-state index is 13.0. The molecule has 0 saturated heterocycles. The Hall–Kier alpha value is -2.23. The molecule has 0 aliphatic carbocycles. The Balaban J connectivity index is 2.76. The highest BCUT2D eigenvalue weighted by Gasteiger charge is 2.55. The number of benzene rings is 1. The van der Waals surface area contributed by atoms with Gasteiger partial charge in [0.1, 0.15) is 16.5 Å². The van der Waals surface area contributed by atoms with Crippen LogP contribution in [-0.4, -0.2) is 43.7 Å². The molecule has 0 aromatic heterocycles. The average Bonchev–Trinajstić information content (AvgIpc) is 2.43. The molecule has 0 saturated carbocycles. The van der Waals surface area contributed by atoms with Crippen molar-refractivity contribution in [1.82, 2.24) is 0 Å². The van der Waals surface area contributed by atoms with Crippen LogP contribution in [0.15, 0.2) is 18.2 Å². The summed E-state index contributed by atoms with van der Waals surface area (Å²) in [5.41, 5.74) is 0.202. The van der Waals surface area contributed by atoms with Gasteiger partial charge in [-0.2, -0.15) is 21.6 Å². The molecule has 0 spiro atoms. The Bertz CT molecular complexity index is 749. The highest BCUT2D eigenvalue weighted by atomic mass is 32.2. The van der Waals surface area contributed by atoms with Crippen molar-refractivity contribution in [3.8, 4) is 5.75 Å². The second kappa shape index (κ2) is 5.52. The summed E-state index contributed by atoms with van der Waals surface area (Å²) in [6.45, 7) is 0. The van der Waals surface area contributed by atoms with E-state index in [-0.39, 0.29) is 11.3 Å². The number of carboxylic acids is 1. The normalized spacial score (nSPS) is 20.8. The molecule has 1 aromatic carbocycles. The van der Waals surface area contributed by atoms with E-state index in [1.807, 2.05) is 0 Å². The summed E-state index contributed by atoms with van der Waals surface area (Å²) in [7, 11) is -1.63. The van der Waals surface area contributed by atoms with E-state index in [4.69, 9.17) is 9.84 Å². The number of aliphatic carboxylic acids is 1. The van der Waals surface area contributed by atoms with Crippen LogP contribution in [0.5, 0.6) is 5.75 Å². The third kappa shape index (κ3) is 2.73. The van der Waals surface area contributed by atoms with Crippen LogP contribution >= 0.6 is 0 Å². The molecule has 6 nitrogen and oxygen atoms in total. The molecule has 1 aromatic rings. The van der Waals surface area contributed by atoms with Crippen LogP contribution in [0, 0.1) is 5.92 Å². The molecule has 0 radical (unpaired) electrons.